The van der Waals surface area contributed by atoms with Crippen molar-refractivity contribution in [3.05, 3.63) is 35.9 Å². The second kappa shape index (κ2) is 11.6. The maximum absolute atomic E-state index is 5.73. The van der Waals surface area contributed by atoms with Gasteiger partial charge in [0.05, 0.1) is 13.7 Å². The van der Waals surface area contributed by atoms with Gasteiger partial charge >= 0.3 is 0 Å². The molecule has 0 amide bonds. The van der Waals surface area contributed by atoms with Gasteiger partial charge < -0.3 is 14.8 Å². The number of rotatable bonds is 7. The van der Waals surface area contributed by atoms with Gasteiger partial charge in [0.2, 0.25) is 0 Å². The lowest BCUT2D eigenvalue weighted by Gasteiger charge is -2.35. The predicted molar refractivity (Wildman–Crippen MR) is 105 cm³/mol. The Hall–Kier alpha value is -0.940. The molecule has 1 aliphatic heterocycles. The fourth-order valence-corrected chi connectivity index (χ4v) is 2.95. The molecule has 0 spiro atoms. The van der Waals surface area contributed by atoms with E-state index in [0.717, 1.165) is 44.1 Å². The van der Waals surface area contributed by atoms with E-state index in [0.29, 0.717) is 12.6 Å². The number of hydrogen-bond acceptors (Lipinski definition) is 4. The van der Waals surface area contributed by atoms with Gasteiger partial charge in [-0.2, -0.15) is 0 Å². The van der Waals surface area contributed by atoms with Gasteiger partial charge in [0.15, 0.2) is 11.5 Å². The van der Waals surface area contributed by atoms with E-state index < -0.39 is 0 Å². The van der Waals surface area contributed by atoms with Crippen molar-refractivity contribution < 1.29 is 9.47 Å². The molecule has 0 unspecified atom stereocenters. The van der Waals surface area contributed by atoms with Crippen LogP contribution in [0.15, 0.2) is 30.4 Å². The van der Waals surface area contributed by atoms with Crippen molar-refractivity contribution in [1.29, 1.82) is 0 Å². The van der Waals surface area contributed by atoms with Crippen LogP contribution in [-0.4, -0.2) is 44.8 Å². The van der Waals surface area contributed by atoms with Crippen LogP contribution in [0.1, 0.15) is 31.9 Å². The standard InChI is InChI=1S/C18H28N2O2.2ClH/c1-5-22-18-13-15(6-7-17(18)21-4)16(12-14(2)3)20-10-8-19-9-11-20;;/h6-7,13,16,19H,2,5,8-12H2,1,3-4H3;2*1H/t16-;;/m0../s1. The molecule has 1 heterocycles. The highest BCUT2D eigenvalue weighted by molar-refractivity contribution is 5.85. The minimum absolute atomic E-state index is 0. The molecule has 6 heteroatoms. The van der Waals surface area contributed by atoms with E-state index in [1.54, 1.807) is 7.11 Å². The summed E-state index contributed by atoms with van der Waals surface area (Å²) < 4.78 is 11.1. The molecule has 0 saturated carbocycles. The monoisotopic (exact) mass is 376 g/mol. The van der Waals surface area contributed by atoms with Crippen LogP contribution < -0.4 is 14.8 Å². The summed E-state index contributed by atoms with van der Waals surface area (Å²) in [6.07, 6.45) is 0.970. The zero-order chi connectivity index (χ0) is 15.9. The quantitative estimate of drug-likeness (QED) is 0.732. The smallest absolute Gasteiger partial charge is 0.161 e. The van der Waals surface area contributed by atoms with Gasteiger partial charge in [-0.25, -0.2) is 0 Å². The van der Waals surface area contributed by atoms with Crippen LogP contribution in [0, 0.1) is 0 Å². The molecule has 138 valence electrons. The Balaban J connectivity index is 0.00000264. The first kappa shape index (κ1) is 23.1. The first-order chi connectivity index (χ1) is 10.7. The highest BCUT2D eigenvalue weighted by Crippen LogP contribution is 2.34. The molecule has 0 bridgehead atoms. The first-order valence-corrected chi connectivity index (χ1v) is 8.05. The Labute approximate surface area is 158 Å². The summed E-state index contributed by atoms with van der Waals surface area (Å²) >= 11 is 0. The molecular weight excluding hydrogens is 347 g/mol. The third-order valence-corrected chi connectivity index (χ3v) is 4.01. The highest BCUT2D eigenvalue weighted by atomic mass is 35.5. The Morgan fingerprint density at radius 1 is 1.25 bits per heavy atom. The van der Waals surface area contributed by atoms with Crippen molar-refractivity contribution >= 4 is 24.8 Å². The topological polar surface area (TPSA) is 33.7 Å². The van der Waals surface area contributed by atoms with Crippen LogP contribution in [-0.2, 0) is 0 Å². The van der Waals surface area contributed by atoms with Crippen molar-refractivity contribution in [2.45, 2.75) is 26.3 Å². The third-order valence-electron chi connectivity index (χ3n) is 4.01. The van der Waals surface area contributed by atoms with E-state index in [4.69, 9.17) is 9.47 Å². The lowest BCUT2D eigenvalue weighted by atomic mass is 9.97. The second-order valence-electron chi connectivity index (χ2n) is 5.81. The van der Waals surface area contributed by atoms with Crippen molar-refractivity contribution in [3.63, 3.8) is 0 Å². The summed E-state index contributed by atoms with van der Waals surface area (Å²) in [7, 11) is 1.68. The third kappa shape index (κ3) is 6.17. The van der Waals surface area contributed by atoms with Crippen LogP contribution in [0.25, 0.3) is 0 Å². The molecule has 4 nitrogen and oxygen atoms in total. The second-order valence-corrected chi connectivity index (χ2v) is 5.81. The average molecular weight is 377 g/mol. The van der Waals surface area contributed by atoms with Crippen LogP contribution in [0.3, 0.4) is 0 Å². The van der Waals surface area contributed by atoms with Gasteiger partial charge in [-0.15, -0.1) is 31.4 Å². The lowest BCUT2D eigenvalue weighted by Crippen LogP contribution is -2.45. The van der Waals surface area contributed by atoms with Crippen LogP contribution in [0.2, 0.25) is 0 Å². The Kier molecular flexibility index (Phi) is 11.1. The van der Waals surface area contributed by atoms with E-state index in [1.807, 2.05) is 13.0 Å². The van der Waals surface area contributed by atoms with E-state index >= 15 is 0 Å². The Morgan fingerprint density at radius 3 is 2.46 bits per heavy atom. The molecule has 1 N–H and O–H groups in total. The normalized spacial score (nSPS) is 15.6. The minimum Gasteiger partial charge on any atom is -0.493 e. The molecule has 24 heavy (non-hydrogen) atoms. The van der Waals surface area contributed by atoms with Crippen molar-refractivity contribution in [2.24, 2.45) is 0 Å². The van der Waals surface area contributed by atoms with E-state index in [2.05, 4.69) is 35.9 Å². The summed E-state index contributed by atoms with van der Waals surface area (Å²) in [4.78, 5) is 2.53. The highest BCUT2D eigenvalue weighted by Gasteiger charge is 2.23. The van der Waals surface area contributed by atoms with Gasteiger partial charge in [-0.05, 0) is 38.0 Å². The van der Waals surface area contributed by atoms with Gasteiger partial charge in [0.1, 0.15) is 0 Å². The summed E-state index contributed by atoms with van der Waals surface area (Å²) in [6.45, 7) is 13.1. The number of benzene rings is 1. The molecule has 2 rings (SSSR count). The van der Waals surface area contributed by atoms with Crippen molar-refractivity contribution in [2.75, 3.05) is 39.9 Å². The molecule has 1 atom stereocenters. The number of piperazine rings is 1. The molecule has 1 saturated heterocycles. The van der Waals surface area contributed by atoms with Gasteiger partial charge in [-0.3, -0.25) is 4.90 Å². The Morgan fingerprint density at radius 2 is 1.92 bits per heavy atom. The maximum atomic E-state index is 5.73. The van der Waals surface area contributed by atoms with Crippen LogP contribution in [0.5, 0.6) is 11.5 Å². The fraction of sp³-hybridized carbons (Fsp3) is 0.556. The maximum Gasteiger partial charge on any atom is 0.161 e. The van der Waals surface area contributed by atoms with Crippen LogP contribution in [0.4, 0.5) is 0 Å². The number of halogens is 2. The van der Waals surface area contributed by atoms with Gasteiger partial charge in [0, 0.05) is 32.2 Å². The zero-order valence-electron chi connectivity index (χ0n) is 14.8. The van der Waals surface area contributed by atoms with E-state index in [1.165, 1.54) is 11.1 Å². The van der Waals surface area contributed by atoms with Crippen molar-refractivity contribution in [3.8, 4) is 11.5 Å². The number of nitrogens with zero attached hydrogens (tertiary/aromatic N) is 1. The van der Waals surface area contributed by atoms with Gasteiger partial charge in [0.25, 0.3) is 0 Å². The van der Waals surface area contributed by atoms with E-state index in [9.17, 15) is 0 Å². The SMILES string of the molecule is C=C(C)C[C@@H](c1ccc(OC)c(OCC)c1)N1CCNCC1.Cl.Cl. The molecule has 1 aromatic rings. The number of nitrogens with one attached hydrogen (secondary N) is 1. The molecule has 1 aliphatic rings. The number of hydrogen-bond donors (Lipinski definition) is 1. The largest absolute Gasteiger partial charge is 0.493 e. The molecule has 0 aliphatic carbocycles. The minimum atomic E-state index is 0. The fourth-order valence-electron chi connectivity index (χ4n) is 2.95. The number of ether oxygens (including phenoxy) is 2. The zero-order valence-corrected chi connectivity index (χ0v) is 16.5. The Bertz CT molecular complexity index is 506. The predicted octanol–water partition coefficient (Wildman–Crippen LogP) is 3.85. The molecule has 0 radical (unpaired) electrons. The lowest BCUT2D eigenvalue weighted by molar-refractivity contribution is 0.172. The van der Waals surface area contributed by atoms with Crippen LogP contribution >= 0.6 is 24.8 Å². The average Bonchev–Trinajstić information content (AvgIpc) is 2.53. The molecular formula is C18H30Cl2N2O2. The summed E-state index contributed by atoms with van der Waals surface area (Å²) in [5.74, 6) is 1.62. The summed E-state index contributed by atoms with van der Waals surface area (Å²) in [6, 6.07) is 6.63. The van der Waals surface area contributed by atoms with Gasteiger partial charge in [-0.1, -0.05) is 11.6 Å². The first-order valence-electron chi connectivity index (χ1n) is 8.05. The molecule has 1 fully saturated rings. The summed E-state index contributed by atoms with van der Waals surface area (Å²) in [5, 5.41) is 3.42. The summed E-state index contributed by atoms with van der Waals surface area (Å²) in [5.41, 5.74) is 2.48. The van der Waals surface area contributed by atoms with Crippen molar-refractivity contribution in [1.82, 2.24) is 10.2 Å². The van der Waals surface area contributed by atoms with E-state index in [-0.39, 0.29) is 24.8 Å². The number of methoxy groups -OCH3 is 1. The molecule has 1 aromatic carbocycles. The molecule has 0 aromatic heterocycles.